The molecule has 0 aliphatic carbocycles. The number of nitrogens with zero attached hydrogens (tertiary/aromatic N) is 1. The third-order valence-corrected chi connectivity index (χ3v) is 2.65. The monoisotopic (exact) mass is 204 g/mol. The Morgan fingerprint density at radius 2 is 2.00 bits per heavy atom. The molecular formula is C13H20N2. The lowest BCUT2D eigenvalue weighted by Crippen LogP contribution is -2.28. The summed E-state index contributed by atoms with van der Waals surface area (Å²) in [5.74, 6) is 0. The molecule has 1 unspecified atom stereocenters. The maximum absolute atomic E-state index is 6.10. The molecule has 2 heteroatoms. The van der Waals surface area contributed by atoms with Crippen LogP contribution in [-0.2, 0) is 0 Å². The Morgan fingerprint density at radius 3 is 2.47 bits per heavy atom. The van der Waals surface area contributed by atoms with Gasteiger partial charge in [-0.3, -0.25) is 0 Å². The first-order valence-corrected chi connectivity index (χ1v) is 5.34. The van der Waals surface area contributed by atoms with Crippen molar-refractivity contribution in [2.45, 2.75) is 13.0 Å². The molecule has 2 N–H and O–H groups in total. The third-order valence-electron chi connectivity index (χ3n) is 2.65. The van der Waals surface area contributed by atoms with Crippen molar-refractivity contribution in [3.8, 4) is 0 Å². The van der Waals surface area contributed by atoms with Gasteiger partial charge in [0, 0.05) is 12.6 Å². The number of benzene rings is 1. The van der Waals surface area contributed by atoms with Crippen LogP contribution in [0, 0.1) is 0 Å². The molecule has 15 heavy (non-hydrogen) atoms. The number of nitrogens with two attached hydrogens (primary N) is 1. The zero-order valence-corrected chi connectivity index (χ0v) is 9.61. The first kappa shape index (κ1) is 12.0. The van der Waals surface area contributed by atoms with Crippen LogP contribution in [-0.4, -0.2) is 25.0 Å². The van der Waals surface area contributed by atoms with E-state index in [1.807, 2.05) is 18.2 Å². The minimum Gasteiger partial charge on any atom is -0.323 e. The number of likely N-dealkylation sites (N-methyl/N-ethyl adjacent to an activating group) is 1. The number of hydrogen-bond acceptors (Lipinski definition) is 2. The van der Waals surface area contributed by atoms with Crippen molar-refractivity contribution in [2.24, 2.45) is 5.73 Å². The zero-order valence-electron chi connectivity index (χ0n) is 9.61. The van der Waals surface area contributed by atoms with Crippen molar-refractivity contribution >= 4 is 6.08 Å². The van der Waals surface area contributed by atoms with Gasteiger partial charge in [-0.2, -0.15) is 0 Å². The van der Waals surface area contributed by atoms with E-state index in [0.29, 0.717) is 0 Å². The van der Waals surface area contributed by atoms with E-state index >= 15 is 0 Å². The van der Waals surface area contributed by atoms with Gasteiger partial charge in [-0.15, -0.1) is 0 Å². The molecule has 0 aliphatic rings. The molecule has 1 aromatic carbocycles. The molecule has 0 saturated heterocycles. The van der Waals surface area contributed by atoms with Crippen LogP contribution in [0.4, 0.5) is 0 Å². The normalized spacial score (nSPS) is 12.8. The van der Waals surface area contributed by atoms with E-state index in [1.165, 1.54) is 5.56 Å². The van der Waals surface area contributed by atoms with E-state index in [9.17, 15) is 0 Å². The van der Waals surface area contributed by atoms with E-state index < -0.39 is 0 Å². The van der Waals surface area contributed by atoms with Crippen molar-refractivity contribution in [1.29, 1.82) is 0 Å². The fraction of sp³-hybridized carbons (Fsp3) is 0.385. The summed E-state index contributed by atoms with van der Waals surface area (Å²) in [7, 11) is 2.08. The van der Waals surface area contributed by atoms with Gasteiger partial charge in [0.25, 0.3) is 0 Å². The minimum absolute atomic E-state index is 0.0915. The van der Waals surface area contributed by atoms with Crippen LogP contribution < -0.4 is 5.73 Å². The van der Waals surface area contributed by atoms with Gasteiger partial charge in [0.2, 0.25) is 0 Å². The van der Waals surface area contributed by atoms with Crippen molar-refractivity contribution in [2.75, 3.05) is 20.1 Å². The molecule has 0 saturated carbocycles. The molecule has 82 valence electrons. The van der Waals surface area contributed by atoms with Gasteiger partial charge >= 0.3 is 0 Å². The molecule has 1 rings (SSSR count). The van der Waals surface area contributed by atoms with Crippen LogP contribution in [0.3, 0.4) is 0 Å². The molecular weight excluding hydrogens is 184 g/mol. The van der Waals surface area contributed by atoms with Gasteiger partial charge in [-0.1, -0.05) is 43.8 Å². The van der Waals surface area contributed by atoms with Gasteiger partial charge in [0.15, 0.2) is 0 Å². The van der Waals surface area contributed by atoms with E-state index in [1.54, 1.807) is 0 Å². The summed E-state index contributed by atoms with van der Waals surface area (Å²) in [6.07, 6.45) is 1.84. The van der Waals surface area contributed by atoms with Crippen LogP contribution in [0.5, 0.6) is 0 Å². The first-order chi connectivity index (χ1) is 7.17. The van der Waals surface area contributed by atoms with Crippen molar-refractivity contribution < 1.29 is 0 Å². The Bertz CT molecular complexity index is 303. The van der Waals surface area contributed by atoms with E-state index in [0.717, 1.165) is 18.7 Å². The molecule has 0 amide bonds. The summed E-state index contributed by atoms with van der Waals surface area (Å²) in [5, 5.41) is 0. The fourth-order valence-electron chi connectivity index (χ4n) is 1.45. The van der Waals surface area contributed by atoms with Gasteiger partial charge in [-0.05, 0) is 24.7 Å². The Hall–Kier alpha value is -1.12. The van der Waals surface area contributed by atoms with Crippen LogP contribution in [0.2, 0.25) is 0 Å². The summed E-state index contributed by atoms with van der Waals surface area (Å²) in [5.41, 5.74) is 8.41. The van der Waals surface area contributed by atoms with Gasteiger partial charge in [-0.25, -0.2) is 0 Å². The Kier molecular flexibility index (Phi) is 4.53. The van der Waals surface area contributed by atoms with Crippen LogP contribution in [0.15, 0.2) is 30.8 Å². The highest BCUT2D eigenvalue weighted by Crippen LogP contribution is 2.13. The molecule has 0 aliphatic heterocycles. The summed E-state index contributed by atoms with van der Waals surface area (Å²) >= 11 is 0. The second-order valence-electron chi connectivity index (χ2n) is 3.83. The Morgan fingerprint density at radius 1 is 1.40 bits per heavy atom. The largest absolute Gasteiger partial charge is 0.323 e. The Labute approximate surface area is 92.4 Å². The summed E-state index contributed by atoms with van der Waals surface area (Å²) < 4.78 is 0. The van der Waals surface area contributed by atoms with Gasteiger partial charge in [0.1, 0.15) is 0 Å². The lowest BCUT2D eigenvalue weighted by atomic mass is 10.1. The number of rotatable bonds is 5. The highest BCUT2D eigenvalue weighted by molar-refractivity contribution is 5.47. The summed E-state index contributed by atoms with van der Waals surface area (Å²) in [6, 6.07) is 8.34. The quantitative estimate of drug-likeness (QED) is 0.797. The fourth-order valence-corrected chi connectivity index (χ4v) is 1.45. The average molecular weight is 204 g/mol. The SMILES string of the molecule is C=Cc1ccc(C(N)CN(C)CC)cc1. The highest BCUT2D eigenvalue weighted by atomic mass is 15.1. The molecule has 0 aromatic heterocycles. The maximum Gasteiger partial charge on any atom is 0.0424 e. The number of hydrogen-bond donors (Lipinski definition) is 1. The summed E-state index contributed by atoms with van der Waals surface area (Å²) in [4.78, 5) is 2.21. The molecule has 0 fully saturated rings. The van der Waals surface area contributed by atoms with Gasteiger partial charge < -0.3 is 10.6 Å². The predicted molar refractivity (Wildman–Crippen MR) is 66.6 cm³/mol. The maximum atomic E-state index is 6.10. The molecule has 2 nitrogen and oxygen atoms in total. The van der Waals surface area contributed by atoms with Crippen molar-refractivity contribution in [3.05, 3.63) is 42.0 Å². The minimum atomic E-state index is 0.0915. The van der Waals surface area contributed by atoms with E-state index in [2.05, 4.69) is 37.6 Å². The third kappa shape index (κ3) is 3.50. The molecule has 0 bridgehead atoms. The predicted octanol–water partition coefficient (Wildman–Crippen LogP) is 2.28. The van der Waals surface area contributed by atoms with Crippen LogP contribution in [0.1, 0.15) is 24.1 Å². The molecule has 0 heterocycles. The molecule has 1 aromatic rings. The Balaban J connectivity index is 2.65. The topological polar surface area (TPSA) is 29.3 Å². The molecule has 1 atom stereocenters. The smallest absolute Gasteiger partial charge is 0.0424 e. The first-order valence-electron chi connectivity index (χ1n) is 5.34. The average Bonchev–Trinajstić information content (AvgIpc) is 2.29. The van der Waals surface area contributed by atoms with Crippen molar-refractivity contribution in [1.82, 2.24) is 4.90 Å². The van der Waals surface area contributed by atoms with Crippen molar-refractivity contribution in [3.63, 3.8) is 0 Å². The second kappa shape index (κ2) is 5.69. The highest BCUT2D eigenvalue weighted by Gasteiger charge is 2.07. The molecule has 0 radical (unpaired) electrons. The second-order valence-corrected chi connectivity index (χ2v) is 3.83. The zero-order chi connectivity index (χ0) is 11.3. The lowest BCUT2D eigenvalue weighted by molar-refractivity contribution is 0.329. The summed E-state index contributed by atoms with van der Waals surface area (Å²) in [6.45, 7) is 7.78. The van der Waals surface area contributed by atoms with Gasteiger partial charge in [0.05, 0.1) is 0 Å². The standard InChI is InChI=1S/C13H20N2/c1-4-11-6-8-12(9-7-11)13(14)10-15(3)5-2/h4,6-9,13H,1,5,10,14H2,2-3H3. The van der Waals surface area contributed by atoms with E-state index in [-0.39, 0.29) is 6.04 Å². The lowest BCUT2D eigenvalue weighted by Gasteiger charge is -2.19. The van der Waals surface area contributed by atoms with E-state index in [4.69, 9.17) is 5.73 Å². The molecule has 0 spiro atoms. The van der Waals surface area contributed by atoms with Crippen LogP contribution >= 0.6 is 0 Å². The van der Waals surface area contributed by atoms with Crippen LogP contribution in [0.25, 0.3) is 6.08 Å².